The fourth-order valence-corrected chi connectivity index (χ4v) is 5.97. The van der Waals surface area contributed by atoms with Crippen LogP contribution < -0.4 is 9.47 Å². The number of ether oxygens (including phenoxy) is 2. The average Bonchev–Trinajstić information content (AvgIpc) is 3.36. The van der Waals surface area contributed by atoms with Gasteiger partial charge in [0.1, 0.15) is 29.9 Å². The minimum absolute atomic E-state index is 0.0310. The number of hydrogen-bond acceptors (Lipinski definition) is 5. The molecule has 10 heteroatoms. The number of methoxy groups -OCH3 is 1. The fourth-order valence-electron chi connectivity index (χ4n) is 5.72. The number of benzene rings is 3. The monoisotopic (exact) mass is 636 g/mol. The number of nitrogens with zero attached hydrogens (tertiary/aromatic N) is 4. The number of aliphatic imine (C=N–C) groups is 1. The number of amides is 3. The lowest BCUT2D eigenvalue weighted by molar-refractivity contribution is -0.140. The smallest absolute Gasteiger partial charge is 0.326 e. The molecule has 2 aliphatic heterocycles. The molecule has 5 rings (SSSR count). The molecule has 2 aliphatic rings. The second-order valence-corrected chi connectivity index (χ2v) is 13.1. The van der Waals surface area contributed by atoms with Gasteiger partial charge in [0.2, 0.25) is 5.91 Å². The van der Waals surface area contributed by atoms with Crippen molar-refractivity contribution in [3.63, 3.8) is 0 Å². The molecule has 2 atom stereocenters. The number of carbonyl (C=O) groups is 2. The third kappa shape index (κ3) is 6.52. The third-order valence-electron chi connectivity index (χ3n) is 7.79. The standard InChI is InChI=1S/C34H38Cl2N4O4/c1-21(2)44-28-19-26(43-6)15-16-27(28)32-37-30(22-7-11-24(35)12-8-22)31(23-9-13-25(36)14-10-23)40(32)33(42)38-17-18-39(29(41)20-38)34(3,4)5/h7-16,19,21,30-31H,17-18,20H2,1-6H3/t30-,31?/m0/s1. The molecule has 0 bridgehead atoms. The van der Waals surface area contributed by atoms with E-state index in [9.17, 15) is 9.59 Å². The average molecular weight is 638 g/mol. The molecule has 3 amide bonds. The molecule has 8 nitrogen and oxygen atoms in total. The molecular weight excluding hydrogens is 599 g/mol. The summed E-state index contributed by atoms with van der Waals surface area (Å²) >= 11 is 12.6. The Morgan fingerprint density at radius 3 is 2.09 bits per heavy atom. The van der Waals surface area contributed by atoms with Gasteiger partial charge in [0, 0.05) is 34.7 Å². The van der Waals surface area contributed by atoms with Crippen LogP contribution in [0.15, 0.2) is 71.7 Å². The van der Waals surface area contributed by atoms with E-state index in [0.717, 1.165) is 11.1 Å². The minimum Gasteiger partial charge on any atom is -0.497 e. The Kier molecular flexibility index (Phi) is 9.14. The lowest BCUT2D eigenvalue weighted by atomic mass is 9.93. The molecule has 2 heterocycles. The number of carbonyl (C=O) groups excluding carboxylic acids is 2. The van der Waals surface area contributed by atoms with E-state index in [2.05, 4.69) is 0 Å². The van der Waals surface area contributed by atoms with Crippen LogP contribution in [-0.2, 0) is 4.79 Å². The summed E-state index contributed by atoms with van der Waals surface area (Å²) in [5, 5.41) is 1.19. The largest absolute Gasteiger partial charge is 0.497 e. The summed E-state index contributed by atoms with van der Waals surface area (Å²) < 4.78 is 11.7. The molecule has 0 spiro atoms. The van der Waals surface area contributed by atoms with E-state index in [4.69, 9.17) is 37.7 Å². The minimum atomic E-state index is -0.541. The number of rotatable bonds is 6. The van der Waals surface area contributed by atoms with Crippen molar-refractivity contribution in [1.82, 2.24) is 14.7 Å². The number of hydrogen-bond donors (Lipinski definition) is 0. The van der Waals surface area contributed by atoms with Crippen molar-refractivity contribution in [2.75, 3.05) is 26.7 Å². The van der Waals surface area contributed by atoms with Gasteiger partial charge < -0.3 is 19.3 Å². The van der Waals surface area contributed by atoms with Gasteiger partial charge >= 0.3 is 6.03 Å². The molecule has 1 saturated heterocycles. The van der Waals surface area contributed by atoms with Crippen LogP contribution in [0, 0.1) is 0 Å². The molecule has 0 N–H and O–H groups in total. The van der Waals surface area contributed by atoms with Gasteiger partial charge in [-0.05, 0) is 82.1 Å². The molecule has 3 aromatic rings. The lowest BCUT2D eigenvalue weighted by Crippen LogP contribution is -2.60. The third-order valence-corrected chi connectivity index (χ3v) is 8.29. The van der Waals surface area contributed by atoms with Crippen molar-refractivity contribution in [3.05, 3.63) is 93.5 Å². The van der Waals surface area contributed by atoms with Gasteiger partial charge in [-0.1, -0.05) is 47.5 Å². The zero-order chi connectivity index (χ0) is 31.8. The van der Waals surface area contributed by atoms with E-state index in [1.165, 1.54) is 0 Å². The maximum absolute atomic E-state index is 14.7. The number of urea groups is 1. The fraction of sp³-hybridized carbons (Fsp3) is 0.382. The number of piperazine rings is 1. The lowest BCUT2D eigenvalue weighted by Gasteiger charge is -2.43. The highest BCUT2D eigenvalue weighted by molar-refractivity contribution is 6.30. The van der Waals surface area contributed by atoms with E-state index in [-0.39, 0.29) is 30.1 Å². The van der Waals surface area contributed by atoms with Crippen LogP contribution in [0.1, 0.15) is 63.4 Å². The Balaban J connectivity index is 1.67. The first-order valence-corrected chi connectivity index (χ1v) is 15.5. The molecule has 0 saturated carbocycles. The zero-order valence-corrected chi connectivity index (χ0v) is 27.4. The quantitative estimate of drug-likeness (QED) is 0.283. The first-order valence-electron chi connectivity index (χ1n) is 14.7. The Hall–Kier alpha value is -3.75. The molecular formula is C34H38Cl2N4O4. The first kappa shape index (κ1) is 31.7. The highest BCUT2D eigenvalue weighted by Gasteiger charge is 2.46. The van der Waals surface area contributed by atoms with Crippen molar-refractivity contribution < 1.29 is 19.1 Å². The Morgan fingerprint density at radius 2 is 1.55 bits per heavy atom. The summed E-state index contributed by atoms with van der Waals surface area (Å²) in [5.74, 6) is 1.50. The Labute approximate surface area is 269 Å². The Morgan fingerprint density at radius 1 is 0.932 bits per heavy atom. The second kappa shape index (κ2) is 12.7. The van der Waals surface area contributed by atoms with Crippen molar-refractivity contribution in [3.8, 4) is 11.5 Å². The topological polar surface area (TPSA) is 74.7 Å². The first-order chi connectivity index (χ1) is 20.9. The molecule has 1 fully saturated rings. The van der Waals surface area contributed by atoms with Crippen molar-refractivity contribution in [1.29, 1.82) is 0 Å². The normalized spacial score (nSPS) is 19.0. The van der Waals surface area contributed by atoms with Gasteiger partial charge in [0.15, 0.2) is 0 Å². The van der Waals surface area contributed by atoms with Gasteiger partial charge in [-0.25, -0.2) is 4.79 Å². The summed E-state index contributed by atoms with van der Waals surface area (Å²) in [6.07, 6.45) is -0.144. The van der Waals surface area contributed by atoms with Gasteiger partial charge in [-0.15, -0.1) is 0 Å². The maximum Gasteiger partial charge on any atom is 0.326 e. The molecule has 1 unspecified atom stereocenters. The zero-order valence-electron chi connectivity index (χ0n) is 25.9. The molecule has 0 radical (unpaired) electrons. The predicted octanol–water partition coefficient (Wildman–Crippen LogP) is 7.40. The van der Waals surface area contributed by atoms with Crippen molar-refractivity contribution in [2.24, 2.45) is 4.99 Å². The summed E-state index contributed by atoms with van der Waals surface area (Å²) in [6.45, 7) is 10.7. The molecule has 0 aliphatic carbocycles. The van der Waals surface area contributed by atoms with Crippen molar-refractivity contribution in [2.45, 2.75) is 58.3 Å². The Bertz CT molecular complexity index is 1550. The van der Waals surface area contributed by atoms with Crippen LogP contribution >= 0.6 is 23.2 Å². The highest BCUT2D eigenvalue weighted by atomic mass is 35.5. The molecule has 3 aromatic carbocycles. The van der Waals surface area contributed by atoms with E-state index in [0.29, 0.717) is 46.0 Å². The van der Waals surface area contributed by atoms with E-state index in [1.54, 1.807) is 23.0 Å². The van der Waals surface area contributed by atoms with E-state index < -0.39 is 12.1 Å². The van der Waals surface area contributed by atoms with Crippen LogP contribution in [-0.4, -0.2) is 70.9 Å². The van der Waals surface area contributed by atoms with Crippen molar-refractivity contribution >= 4 is 41.0 Å². The highest BCUT2D eigenvalue weighted by Crippen LogP contribution is 2.46. The predicted molar refractivity (Wildman–Crippen MR) is 174 cm³/mol. The van der Waals surface area contributed by atoms with Gasteiger partial charge in [0.25, 0.3) is 0 Å². The molecule has 232 valence electrons. The molecule has 44 heavy (non-hydrogen) atoms. The summed E-state index contributed by atoms with van der Waals surface area (Å²) in [4.78, 5) is 38.4. The maximum atomic E-state index is 14.7. The summed E-state index contributed by atoms with van der Waals surface area (Å²) in [7, 11) is 1.60. The van der Waals surface area contributed by atoms with Gasteiger partial charge in [0.05, 0.1) is 24.8 Å². The van der Waals surface area contributed by atoms with E-state index in [1.807, 2.05) is 100 Å². The SMILES string of the molecule is COc1ccc(C2=N[C@@H](c3ccc(Cl)cc3)C(c3ccc(Cl)cc3)N2C(=O)N2CCN(C(C)(C)C)C(=O)C2)c(OC(C)C)c1. The van der Waals surface area contributed by atoms with Gasteiger partial charge in [-0.2, -0.15) is 0 Å². The second-order valence-electron chi connectivity index (χ2n) is 12.3. The summed E-state index contributed by atoms with van der Waals surface area (Å²) in [5.41, 5.74) is 2.03. The van der Waals surface area contributed by atoms with Crippen LogP contribution in [0.3, 0.4) is 0 Å². The number of halogens is 2. The van der Waals surface area contributed by atoms with Crippen LogP contribution in [0.5, 0.6) is 11.5 Å². The summed E-state index contributed by atoms with van der Waals surface area (Å²) in [6, 6.07) is 19.1. The van der Waals surface area contributed by atoms with Crippen LogP contribution in [0.4, 0.5) is 4.79 Å². The van der Waals surface area contributed by atoms with Crippen LogP contribution in [0.2, 0.25) is 10.0 Å². The van der Waals surface area contributed by atoms with E-state index >= 15 is 0 Å². The van der Waals surface area contributed by atoms with Crippen LogP contribution in [0.25, 0.3) is 0 Å². The van der Waals surface area contributed by atoms with Gasteiger partial charge in [-0.3, -0.25) is 14.7 Å². The molecule has 0 aromatic heterocycles. The number of amidine groups is 1.